The fraction of sp³-hybridized carbons (Fsp3) is 0.312. The van der Waals surface area contributed by atoms with Crippen molar-refractivity contribution in [1.82, 2.24) is 9.21 Å². The fourth-order valence-corrected chi connectivity index (χ4v) is 7.00. The zero-order chi connectivity index (χ0) is 25.8. The van der Waals surface area contributed by atoms with Gasteiger partial charge in [0, 0.05) is 26.2 Å². The first-order valence-electron chi connectivity index (χ1n) is 13.2. The second-order valence-electron chi connectivity index (χ2n) is 10.3. The maximum absolute atomic E-state index is 13.9. The number of aryl methyl sites for hydroxylation is 2. The molecule has 0 unspecified atom stereocenters. The topological polar surface area (TPSA) is 40.6 Å². The number of sulfonamides is 1. The van der Waals surface area contributed by atoms with Gasteiger partial charge in [-0.1, -0.05) is 83.9 Å². The number of rotatable bonds is 9. The van der Waals surface area contributed by atoms with Crippen molar-refractivity contribution >= 4 is 20.8 Å². The molecular weight excluding hydrogens is 476 g/mol. The van der Waals surface area contributed by atoms with Gasteiger partial charge in [-0.25, -0.2) is 8.42 Å². The minimum absolute atomic E-state index is 0.364. The number of hydrogen-bond acceptors (Lipinski definition) is 3. The molecule has 0 aliphatic carbocycles. The van der Waals surface area contributed by atoms with Gasteiger partial charge in [-0.3, -0.25) is 4.90 Å². The van der Waals surface area contributed by atoms with E-state index in [-0.39, 0.29) is 0 Å². The maximum Gasteiger partial charge on any atom is 0.243 e. The Balaban J connectivity index is 1.31. The second kappa shape index (κ2) is 11.2. The monoisotopic (exact) mass is 512 g/mol. The van der Waals surface area contributed by atoms with Gasteiger partial charge < -0.3 is 0 Å². The molecule has 0 amide bonds. The maximum atomic E-state index is 13.9. The van der Waals surface area contributed by atoms with Crippen LogP contribution < -0.4 is 0 Å². The van der Waals surface area contributed by atoms with Crippen LogP contribution in [0.2, 0.25) is 0 Å². The van der Waals surface area contributed by atoms with E-state index in [9.17, 15) is 8.42 Å². The average Bonchev–Trinajstić information content (AvgIpc) is 2.89. The molecule has 5 rings (SSSR count). The van der Waals surface area contributed by atoms with E-state index in [0.29, 0.717) is 18.0 Å². The van der Waals surface area contributed by atoms with Crippen LogP contribution in [0.3, 0.4) is 0 Å². The molecule has 0 spiro atoms. The summed E-state index contributed by atoms with van der Waals surface area (Å²) in [5, 5.41) is 1.99. The van der Waals surface area contributed by atoms with Crippen LogP contribution in [0.4, 0.5) is 0 Å². The van der Waals surface area contributed by atoms with Crippen LogP contribution in [0.25, 0.3) is 10.8 Å². The largest absolute Gasteiger partial charge is 0.299 e. The van der Waals surface area contributed by atoms with Crippen molar-refractivity contribution in [1.29, 1.82) is 0 Å². The quantitative estimate of drug-likeness (QED) is 0.241. The molecule has 5 heteroatoms. The number of unbranched alkanes of at least 4 members (excludes halogenated alkanes) is 1. The van der Waals surface area contributed by atoms with Crippen LogP contribution in [-0.4, -0.2) is 37.3 Å². The Kier molecular flexibility index (Phi) is 7.75. The van der Waals surface area contributed by atoms with E-state index in [0.717, 1.165) is 66.4 Å². The smallest absolute Gasteiger partial charge is 0.243 e. The third kappa shape index (κ3) is 6.12. The van der Waals surface area contributed by atoms with E-state index in [1.807, 2.05) is 36.4 Å². The zero-order valence-electron chi connectivity index (χ0n) is 21.9. The lowest BCUT2D eigenvalue weighted by atomic mass is 10.00. The molecule has 192 valence electrons. The Labute approximate surface area is 221 Å². The highest BCUT2D eigenvalue weighted by molar-refractivity contribution is 7.89. The van der Waals surface area contributed by atoms with E-state index < -0.39 is 10.0 Å². The summed E-state index contributed by atoms with van der Waals surface area (Å²) >= 11 is 0. The van der Waals surface area contributed by atoms with Gasteiger partial charge in [0.05, 0.1) is 4.90 Å². The Hall–Kier alpha value is -2.99. The molecule has 4 aromatic carbocycles. The first kappa shape index (κ1) is 25.7. The minimum atomic E-state index is -3.64. The molecule has 4 aromatic rings. The third-order valence-corrected chi connectivity index (χ3v) is 9.18. The lowest BCUT2D eigenvalue weighted by Crippen LogP contribution is -2.33. The first-order chi connectivity index (χ1) is 17.9. The van der Waals surface area contributed by atoms with Crippen molar-refractivity contribution in [3.05, 3.63) is 113 Å². The van der Waals surface area contributed by atoms with Crippen LogP contribution in [0.1, 0.15) is 40.7 Å². The summed E-state index contributed by atoms with van der Waals surface area (Å²) < 4.78 is 29.5. The van der Waals surface area contributed by atoms with Crippen LogP contribution in [0.15, 0.2) is 89.8 Å². The number of nitrogens with zero attached hydrogens (tertiary/aromatic N) is 2. The second-order valence-corrected chi connectivity index (χ2v) is 12.3. The average molecular weight is 513 g/mol. The van der Waals surface area contributed by atoms with Gasteiger partial charge in [-0.2, -0.15) is 4.31 Å². The van der Waals surface area contributed by atoms with E-state index in [1.54, 1.807) is 10.4 Å². The van der Waals surface area contributed by atoms with Gasteiger partial charge in [0.2, 0.25) is 10.0 Å². The molecule has 0 N–H and O–H groups in total. The Morgan fingerprint density at radius 3 is 2.27 bits per heavy atom. The van der Waals surface area contributed by atoms with E-state index >= 15 is 0 Å². The Morgan fingerprint density at radius 1 is 0.784 bits per heavy atom. The van der Waals surface area contributed by atoms with Crippen LogP contribution in [0, 0.1) is 13.8 Å². The summed E-state index contributed by atoms with van der Waals surface area (Å²) in [6, 6.07) is 28.4. The molecule has 1 aliphatic rings. The summed E-state index contributed by atoms with van der Waals surface area (Å²) in [5.74, 6) is 0. The van der Waals surface area contributed by atoms with Crippen molar-refractivity contribution < 1.29 is 8.42 Å². The number of hydrogen-bond donors (Lipinski definition) is 0. The number of benzene rings is 4. The van der Waals surface area contributed by atoms with Gasteiger partial charge in [0.25, 0.3) is 0 Å². The normalized spacial score (nSPS) is 14.2. The van der Waals surface area contributed by atoms with Crippen molar-refractivity contribution in [3.8, 4) is 0 Å². The molecule has 0 saturated heterocycles. The molecule has 1 heterocycles. The van der Waals surface area contributed by atoms with Crippen molar-refractivity contribution in [2.24, 2.45) is 0 Å². The van der Waals surface area contributed by atoms with E-state index in [2.05, 4.69) is 61.2 Å². The summed E-state index contributed by atoms with van der Waals surface area (Å²) in [4.78, 5) is 2.86. The fourth-order valence-electron chi connectivity index (χ4n) is 5.49. The van der Waals surface area contributed by atoms with Crippen molar-refractivity contribution in [2.75, 3.05) is 19.6 Å². The molecule has 0 bridgehead atoms. The van der Waals surface area contributed by atoms with E-state index in [1.165, 1.54) is 11.1 Å². The highest BCUT2D eigenvalue weighted by Crippen LogP contribution is 2.25. The molecular formula is C32H36N2O2S. The van der Waals surface area contributed by atoms with Gasteiger partial charge in [0.15, 0.2) is 0 Å². The van der Waals surface area contributed by atoms with E-state index in [4.69, 9.17) is 0 Å². The predicted molar refractivity (Wildman–Crippen MR) is 152 cm³/mol. The molecule has 0 aromatic heterocycles. The summed E-state index contributed by atoms with van der Waals surface area (Å²) in [6.07, 6.45) is 2.89. The summed E-state index contributed by atoms with van der Waals surface area (Å²) in [6.45, 7) is 8.06. The molecule has 4 nitrogen and oxygen atoms in total. The zero-order valence-corrected chi connectivity index (χ0v) is 22.7. The molecule has 0 fully saturated rings. The summed E-state index contributed by atoms with van der Waals surface area (Å²) in [5.41, 5.74) is 6.23. The van der Waals surface area contributed by atoms with Crippen molar-refractivity contribution in [2.45, 2.75) is 51.1 Å². The molecule has 0 atom stereocenters. The molecule has 0 saturated carbocycles. The van der Waals surface area contributed by atoms with Gasteiger partial charge in [-0.05, 0) is 79.3 Å². The Morgan fingerprint density at radius 2 is 1.49 bits per heavy atom. The van der Waals surface area contributed by atoms with Gasteiger partial charge >= 0.3 is 0 Å². The van der Waals surface area contributed by atoms with Gasteiger partial charge in [0.1, 0.15) is 0 Å². The van der Waals surface area contributed by atoms with Gasteiger partial charge in [-0.15, -0.1) is 0 Å². The van der Waals surface area contributed by atoms with Crippen LogP contribution in [-0.2, 0) is 29.5 Å². The van der Waals surface area contributed by atoms with Crippen LogP contribution >= 0.6 is 0 Å². The molecule has 0 radical (unpaired) electrons. The lowest BCUT2D eigenvalue weighted by molar-refractivity contribution is 0.245. The molecule has 1 aliphatic heterocycles. The SMILES string of the molecule is Cc1cc(C)cc(CN(CCCCN2CCc3ccccc3C2)S(=O)(=O)c2ccc3ccccc3c2)c1. The lowest BCUT2D eigenvalue weighted by Gasteiger charge is -2.29. The van der Waals surface area contributed by atoms with Crippen molar-refractivity contribution in [3.63, 3.8) is 0 Å². The standard InChI is InChI=1S/C32H36N2O2S/c1-25-19-26(2)21-27(20-25)23-34(37(35,36)32-14-13-28-9-3-5-11-30(28)22-32)17-8-7-16-33-18-15-29-10-4-6-12-31(29)24-33/h3-6,9-14,19-22H,7-8,15-18,23-24H2,1-2H3. The molecule has 37 heavy (non-hydrogen) atoms. The third-order valence-electron chi connectivity index (χ3n) is 7.34. The van der Waals surface area contributed by atoms with Crippen LogP contribution in [0.5, 0.6) is 0 Å². The highest BCUT2D eigenvalue weighted by atomic mass is 32.2. The summed E-state index contributed by atoms with van der Waals surface area (Å²) in [7, 11) is -3.64. The minimum Gasteiger partial charge on any atom is -0.299 e. The highest BCUT2D eigenvalue weighted by Gasteiger charge is 2.25. The predicted octanol–water partition coefficient (Wildman–Crippen LogP) is 6.49. The number of fused-ring (bicyclic) bond motifs is 2. The Bertz CT molecular complexity index is 1480. The first-order valence-corrected chi connectivity index (χ1v) is 14.7.